The van der Waals surface area contributed by atoms with Crippen LogP contribution in [0.1, 0.15) is 38.4 Å². The zero-order chi connectivity index (χ0) is 20.8. The van der Waals surface area contributed by atoms with Crippen molar-refractivity contribution in [2.45, 2.75) is 26.8 Å². The van der Waals surface area contributed by atoms with Crippen LogP contribution in [0, 0.1) is 13.8 Å². The molecule has 0 saturated heterocycles. The summed E-state index contributed by atoms with van der Waals surface area (Å²) in [5, 5.41) is 18.6. The molecular formula is C23H24N4O2. The van der Waals surface area contributed by atoms with Crippen molar-refractivity contribution in [3.63, 3.8) is 0 Å². The zero-order valence-corrected chi connectivity index (χ0v) is 16.6. The van der Waals surface area contributed by atoms with E-state index in [-0.39, 0.29) is 11.7 Å². The molecule has 6 heteroatoms. The molecule has 29 heavy (non-hydrogen) atoms. The number of hydrogen-bond acceptors (Lipinski definition) is 4. The van der Waals surface area contributed by atoms with Gasteiger partial charge in [0.1, 0.15) is 5.75 Å². The molecule has 3 rings (SSSR count). The van der Waals surface area contributed by atoms with Crippen LogP contribution in [-0.4, -0.2) is 27.0 Å². The molecule has 0 fully saturated rings. The minimum Gasteiger partial charge on any atom is -0.507 e. The van der Waals surface area contributed by atoms with E-state index in [2.05, 4.69) is 22.2 Å². The van der Waals surface area contributed by atoms with E-state index in [4.69, 9.17) is 0 Å². The van der Waals surface area contributed by atoms with Gasteiger partial charge in [0.25, 0.3) is 5.91 Å². The van der Waals surface area contributed by atoms with Crippen LogP contribution in [0.25, 0.3) is 0 Å². The average molecular weight is 388 g/mol. The highest BCUT2D eigenvalue weighted by molar-refractivity contribution is 5.95. The Kier molecular flexibility index (Phi) is 6.24. The third-order valence-electron chi connectivity index (χ3n) is 4.54. The molecule has 0 unspecified atom stereocenters. The molecule has 0 spiro atoms. The highest BCUT2D eigenvalue weighted by Gasteiger charge is 2.07. The summed E-state index contributed by atoms with van der Waals surface area (Å²) < 4.78 is 1.93. The number of hydrogen-bond donors (Lipinski definition) is 2. The molecule has 0 radical (unpaired) electrons. The van der Waals surface area contributed by atoms with Crippen LogP contribution in [0.15, 0.2) is 66.3 Å². The number of carbonyl (C=O) groups is 1. The average Bonchev–Trinajstić information content (AvgIpc) is 3.02. The van der Waals surface area contributed by atoms with Gasteiger partial charge in [0.05, 0.1) is 18.5 Å². The Morgan fingerprint density at radius 1 is 1.24 bits per heavy atom. The second kappa shape index (κ2) is 9.01. The minimum absolute atomic E-state index is 0.138. The molecule has 2 aromatic carbocycles. The number of aromatic hydroxyl groups is 1. The number of carbonyl (C=O) groups excluding carboxylic acids is 1. The van der Waals surface area contributed by atoms with Crippen LogP contribution in [0.2, 0.25) is 0 Å². The predicted octanol–water partition coefficient (Wildman–Crippen LogP) is 3.75. The Balaban J connectivity index is 1.62. The van der Waals surface area contributed by atoms with Crippen LogP contribution < -0.4 is 5.43 Å². The molecule has 0 saturated carbocycles. The summed E-state index contributed by atoms with van der Waals surface area (Å²) in [7, 11) is 0. The van der Waals surface area contributed by atoms with Crippen molar-refractivity contribution in [1.29, 1.82) is 0 Å². The van der Waals surface area contributed by atoms with Crippen molar-refractivity contribution in [3.8, 4) is 5.75 Å². The molecule has 1 amide bonds. The second-order valence-electron chi connectivity index (χ2n) is 6.83. The van der Waals surface area contributed by atoms with Gasteiger partial charge in [-0.1, -0.05) is 30.3 Å². The molecule has 0 aliphatic carbocycles. The number of hydrazone groups is 1. The Hall–Kier alpha value is -3.67. The summed E-state index contributed by atoms with van der Waals surface area (Å²) in [5.41, 5.74) is 7.42. The Labute approximate surface area is 170 Å². The molecule has 2 N–H and O–H groups in total. The Morgan fingerprint density at radius 3 is 2.66 bits per heavy atom. The van der Waals surface area contributed by atoms with Crippen molar-refractivity contribution < 1.29 is 9.90 Å². The number of aromatic nitrogens is 2. The fraction of sp³-hybridized carbons (Fsp3) is 0.174. The van der Waals surface area contributed by atoms with Gasteiger partial charge in [0, 0.05) is 16.8 Å². The number of rotatable bonds is 7. The predicted molar refractivity (Wildman–Crippen MR) is 114 cm³/mol. The van der Waals surface area contributed by atoms with Gasteiger partial charge < -0.3 is 5.11 Å². The van der Waals surface area contributed by atoms with Gasteiger partial charge in [-0.05, 0) is 55.7 Å². The number of aryl methyl sites for hydroxylation is 2. The molecule has 1 heterocycles. The summed E-state index contributed by atoms with van der Waals surface area (Å²) >= 11 is 0. The standard InChI is InChI=1S/C23H24N4O2/c1-4-6-19-7-5-8-21(22(19)28)14-24-25-23(29)20-11-9-18(10-12-20)15-27-17(3)13-16(2)26-27/h4-5,7-14,28H,1,6,15H2,2-3H3,(H,25,29)/b24-14-. The van der Waals surface area contributed by atoms with E-state index in [0.29, 0.717) is 24.1 Å². The Morgan fingerprint density at radius 2 is 2.00 bits per heavy atom. The largest absolute Gasteiger partial charge is 0.507 e. The lowest BCUT2D eigenvalue weighted by atomic mass is 10.1. The molecule has 0 aliphatic heterocycles. The number of para-hydroxylation sites is 1. The van der Waals surface area contributed by atoms with Crippen LogP contribution in [0.5, 0.6) is 5.75 Å². The summed E-state index contributed by atoms with van der Waals surface area (Å²) in [6.45, 7) is 8.31. The van der Waals surface area contributed by atoms with Crippen LogP contribution in [0.3, 0.4) is 0 Å². The first-order valence-electron chi connectivity index (χ1n) is 9.33. The van der Waals surface area contributed by atoms with Crippen LogP contribution in [0.4, 0.5) is 0 Å². The lowest BCUT2D eigenvalue weighted by Crippen LogP contribution is -2.17. The van der Waals surface area contributed by atoms with Crippen molar-refractivity contribution in [1.82, 2.24) is 15.2 Å². The molecule has 1 aromatic heterocycles. The van der Waals surface area contributed by atoms with E-state index in [1.165, 1.54) is 6.21 Å². The minimum atomic E-state index is -0.319. The van der Waals surface area contributed by atoms with E-state index in [9.17, 15) is 9.90 Å². The van der Waals surface area contributed by atoms with Crippen molar-refractivity contribution in [2.24, 2.45) is 5.10 Å². The number of benzene rings is 2. The smallest absolute Gasteiger partial charge is 0.271 e. The van der Waals surface area contributed by atoms with Gasteiger partial charge in [-0.2, -0.15) is 10.2 Å². The first-order valence-corrected chi connectivity index (χ1v) is 9.33. The van der Waals surface area contributed by atoms with Crippen molar-refractivity contribution in [2.75, 3.05) is 0 Å². The van der Waals surface area contributed by atoms with Gasteiger partial charge >= 0.3 is 0 Å². The third kappa shape index (κ3) is 4.99. The first kappa shape index (κ1) is 20.1. The normalized spacial score (nSPS) is 11.0. The maximum Gasteiger partial charge on any atom is 0.271 e. The molecule has 6 nitrogen and oxygen atoms in total. The van der Waals surface area contributed by atoms with Gasteiger partial charge in [-0.25, -0.2) is 5.43 Å². The number of phenolic OH excluding ortho intramolecular Hbond substituents is 1. The molecule has 148 valence electrons. The molecule has 0 bridgehead atoms. The molecular weight excluding hydrogens is 364 g/mol. The van der Waals surface area contributed by atoms with Gasteiger partial charge in [0.2, 0.25) is 0 Å². The summed E-state index contributed by atoms with van der Waals surface area (Å²) in [6.07, 6.45) is 3.71. The topological polar surface area (TPSA) is 79.5 Å². The number of nitrogens with zero attached hydrogens (tertiary/aromatic N) is 3. The summed E-state index contributed by atoms with van der Waals surface area (Å²) in [4.78, 5) is 12.3. The van der Waals surface area contributed by atoms with Crippen molar-refractivity contribution in [3.05, 3.63) is 94.8 Å². The maximum absolute atomic E-state index is 12.3. The quantitative estimate of drug-likeness (QED) is 0.368. The van der Waals surface area contributed by atoms with E-state index >= 15 is 0 Å². The third-order valence-corrected chi connectivity index (χ3v) is 4.54. The van der Waals surface area contributed by atoms with Gasteiger partial charge in [-0.15, -0.1) is 6.58 Å². The monoisotopic (exact) mass is 388 g/mol. The summed E-state index contributed by atoms with van der Waals surface area (Å²) in [5.74, 6) is -0.181. The second-order valence-corrected chi connectivity index (χ2v) is 6.83. The number of allylic oxidation sites excluding steroid dienone is 1. The van der Waals surface area contributed by atoms with Crippen LogP contribution in [-0.2, 0) is 13.0 Å². The zero-order valence-electron chi connectivity index (χ0n) is 16.6. The highest BCUT2D eigenvalue weighted by atomic mass is 16.3. The SMILES string of the molecule is C=CCc1cccc(/C=N\NC(=O)c2ccc(Cn3nc(C)cc3C)cc2)c1O. The molecule has 3 aromatic rings. The van der Waals surface area contributed by atoms with E-state index in [0.717, 1.165) is 22.5 Å². The maximum atomic E-state index is 12.3. The fourth-order valence-electron chi connectivity index (χ4n) is 3.03. The van der Waals surface area contributed by atoms with E-state index < -0.39 is 0 Å². The number of amides is 1. The van der Waals surface area contributed by atoms with E-state index in [1.807, 2.05) is 48.9 Å². The van der Waals surface area contributed by atoms with Crippen LogP contribution >= 0.6 is 0 Å². The van der Waals surface area contributed by atoms with Crippen molar-refractivity contribution >= 4 is 12.1 Å². The van der Waals surface area contributed by atoms with E-state index in [1.54, 1.807) is 24.3 Å². The Bertz CT molecular complexity index is 1050. The molecule has 0 aliphatic rings. The van der Waals surface area contributed by atoms with Gasteiger partial charge in [-0.3, -0.25) is 9.48 Å². The first-order chi connectivity index (χ1) is 14.0. The highest BCUT2D eigenvalue weighted by Crippen LogP contribution is 2.21. The van der Waals surface area contributed by atoms with Gasteiger partial charge in [0.15, 0.2) is 0 Å². The number of phenols is 1. The molecule has 0 atom stereocenters. The summed E-state index contributed by atoms with van der Waals surface area (Å²) in [6, 6.07) is 14.7. The lowest BCUT2D eigenvalue weighted by molar-refractivity contribution is 0.0955. The fourth-order valence-corrected chi connectivity index (χ4v) is 3.03. The number of nitrogens with one attached hydrogen (secondary N) is 1. The lowest BCUT2D eigenvalue weighted by Gasteiger charge is -2.06.